The average Bonchev–Trinajstić information content (AvgIpc) is 2.63. The van der Waals surface area contributed by atoms with Crippen LogP contribution >= 0.6 is 0 Å². The van der Waals surface area contributed by atoms with E-state index in [1.54, 1.807) is 0 Å². The third-order valence-electron chi connectivity index (χ3n) is 6.41. The van der Waals surface area contributed by atoms with Crippen LogP contribution in [0.4, 0.5) is 0 Å². The normalized spacial score (nSPS) is 22.3. The van der Waals surface area contributed by atoms with Gasteiger partial charge in [-0.15, -0.1) is 0 Å². The SMILES string of the molecule is Cc1cc(C)c(CN2CCC(C)(C#N)CC2)cc1CN1CCN(C)CC1. The van der Waals surface area contributed by atoms with Crippen molar-refractivity contribution in [3.63, 3.8) is 0 Å². The summed E-state index contributed by atoms with van der Waals surface area (Å²) < 4.78 is 0. The van der Waals surface area contributed by atoms with E-state index in [0.717, 1.165) is 52.1 Å². The highest BCUT2D eigenvalue weighted by atomic mass is 15.2. The lowest BCUT2D eigenvalue weighted by molar-refractivity contribution is 0.147. The van der Waals surface area contributed by atoms with Gasteiger partial charge in [0.25, 0.3) is 0 Å². The first-order chi connectivity index (χ1) is 12.4. The quantitative estimate of drug-likeness (QED) is 0.832. The van der Waals surface area contributed by atoms with Crippen molar-refractivity contribution in [3.8, 4) is 6.07 Å². The van der Waals surface area contributed by atoms with Crippen molar-refractivity contribution in [2.75, 3.05) is 46.3 Å². The number of nitriles is 1. The molecule has 2 aliphatic rings. The number of hydrogen-bond donors (Lipinski definition) is 0. The molecule has 2 fully saturated rings. The highest BCUT2D eigenvalue weighted by Crippen LogP contribution is 2.31. The lowest BCUT2D eigenvalue weighted by Gasteiger charge is -2.35. The van der Waals surface area contributed by atoms with Gasteiger partial charge >= 0.3 is 0 Å². The molecule has 4 nitrogen and oxygen atoms in total. The van der Waals surface area contributed by atoms with Crippen LogP contribution in [0.3, 0.4) is 0 Å². The van der Waals surface area contributed by atoms with Gasteiger partial charge in [0.05, 0.1) is 11.5 Å². The van der Waals surface area contributed by atoms with Gasteiger partial charge in [0.15, 0.2) is 0 Å². The zero-order valence-corrected chi connectivity index (χ0v) is 17.0. The van der Waals surface area contributed by atoms with Crippen molar-refractivity contribution in [2.24, 2.45) is 5.41 Å². The summed E-state index contributed by atoms with van der Waals surface area (Å²) in [6, 6.07) is 7.32. The van der Waals surface area contributed by atoms with E-state index in [1.807, 2.05) is 0 Å². The van der Waals surface area contributed by atoms with Crippen molar-refractivity contribution in [1.82, 2.24) is 14.7 Å². The molecule has 0 unspecified atom stereocenters. The second-order valence-electron chi connectivity index (χ2n) is 8.73. The maximum absolute atomic E-state index is 9.33. The van der Waals surface area contributed by atoms with Crippen LogP contribution < -0.4 is 0 Å². The number of benzene rings is 1. The highest BCUT2D eigenvalue weighted by molar-refractivity contribution is 5.37. The molecular formula is C22H34N4. The number of nitrogens with zero attached hydrogens (tertiary/aromatic N) is 4. The second kappa shape index (κ2) is 8.08. The van der Waals surface area contributed by atoms with Crippen molar-refractivity contribution in [2.45, 2.75) is 46.7 Å². The summed E-state index contributed by atoms with van der Waals surface area (Å²) >= 11 is 0. The third-order valence-corrected chi connectivity index (χ3v) is 6.41. The zero-order valence-electron chi connectivity index (χ0n) is 17.0. The summed E-state index contributed by atoms with van der Waals surface area (Å²) in [5.74, 6) is 0. The van der Waals surface area contributed by atoms with E-state index in [4.69, 9.17) is 0 Å². The minimum atomic E-state index is -0.120. The molecule has 1 aromatic rings. The van der Waals surface area contributed by atoms with Crippen molar-refractivity contribution in [3.05, 3.63) is 34.4 Å². The number of rotatable bonds is 4. The van der Waals surface area contributed by atoms with Gasteiger partial charge < -0.3 is 4.90 Å². The largest absolute Gasteiger partial charge is 0.304 e. The van der Waals surface area contributed by atoms with Crippen LogP contribution in [0.2, 0.25) is 0 Å². The smallest absolute Gasteiger partial charge is 0.0687 e. The molecule has 1 aromatic carbocycles. The highest BCUT2D eigenvalue weighted by Gasteiger charge is 2.30. The molecule has 0 bridgehead atoms. The Labute approximate surface area is 159 Å². The van der Waals surface area contributed by atoms with Crippen LogP contribution in [-0.2, 0) is 13.1 Å². The number of hydrogen-bond acceptors (Lipinski definition) is 4. The van der Waals surface area contributed by atoms with Gasteiger partial charge in [-0.2, -0.15) is 5.26 Å². The molecule has 0 aromatic heterocycles. The molecule has 0 amide bonds. The molecular weight excluding hydrogens is 320 g/mol. The summed E-state index contributed by atoms with van der Waals surface area (Å²) in [5, 5.41) is 9.33. The molecule has 2 heterocycles. The second-order valence-corrected chi connectivity index (χ2v) is 8.73. The van der Waals surface area contributed by atoms with Gasteiger partial charge in [0, 0.05) is 39.3 Å². The standard InChI is InChI=1S/C22H34N4/c1-18-13-19(2)21(16-26-11-9-24(4)10-12-26)14-20(18)15-25-7-5-22(3,17-23)6-8-25/h13-14H,5-12,15-16H2,1-4H3. The van der Waals surface area contributed by atoms with Gasteiger partial charge in [-0.3, -0.25) is 9.80 Å². The monoisotopic (exact) mass is 354 g/mol. The van der Waals surface area contributed by atoms with Gasteiger partial charge in [-0.25, -0.2) is 0 Å². The topological polar surface area (TPSA) is 33.5 Å². The van der Waals surface area contributed by atoms with Crippen LogP contribution in [0.15, 0.2) is 12.1 Å². The van der Waals surface area contributed by atoms with E-state index in [0.29, 0.717) is 0 Å². The molecule has 26 heavy (non-hydrogen) atoms. The third kappa shape index (κ3) is 4.65. The predicted molar refractivity (Wildman–Crippen MR) is 107 cm³/mol. The first kappa shape index (κ1) is 19.4. The number of aryl methyl sites for hydroxylation is 2. The van der Waals surface area contributed by atoms with Crippen LogP contribution in [0.25, 0.3) is 0 Å². The van der Waals surface area contributed by atoms with Crippen LogP contribution in [0, 0.1) is 30.6 Å². The molecule has 0 saturated carbocycles. The molecule has 2 aliphatic heterocycles. The Morgan fingerprint density at radius 3 is 1.88 bits per heavy atom. The lowest BCUT2D eigenvalue weighted by Crippen LogP contribution is -2.44. The van der Waals surface area contributed by atoms with Crippen molar-refractivity contribution < 1.29 is 0 Å². The summed E-state index contributed by atoms with van der Waals surface area (Å²) in [5.41, 5.74) is 5.64. The Bertz CT molecular complexity index is 659. The average molecular weight is 355 g/mol. The molecule has 0 N–H and O–H groups in total. The first-order valence-corrected chi connectivity index (χ1v) is 10.0. The molecule has 0 aliphatic carbocycles. The first-order valence-electron chi connectivity index (χ1n) is 10.0. The Kier molecular flexibility index (Phi) is 6.02. The Morgan fingerprint density at radius 1 is 0.885 bits per heavy atom. The maximum Gasteiger partial charge on any atom is 0.0687 e. The van der Waals surface area contributed by atoms with E-state index in [1.165, 1.54) is 35.3 Å². The summed E-state index contributed by atoms with van der Waals surface area (Å²) in [7, 11) is 2.21. The molecule has 0 spiro atoms. The van der Waals surface area contributed by atoms with E-state index in [2.05, 4.69) is 60.7 Å². The van der Waals surface area contributed by atoms with Gasteiger partial charge in [-0.1, -0.05) is 12.1 Å². The van der Waals surface area contributed by atoms with Crippen LogP contribution in [0.5, 0.6) is 0 Å². The van der Waals surface area contributed by atoms with Crippen molar-refractivity contribution in [1.29, 1.82) is 5.26 Å². The van der Waals surface area contributed by atoms with E-state index in [9.17, 15) is 5.26 Å². The minimum Gasteiger partial charge on any atom is -0.304 e. The fourth-order valence-electron chi connectivity index (χ4n) is 4.09. The molecule has 3 rings (SSSR count). The molecule has 0 radical (unpaired) electrons. The van der Waals surface area contributed by atoms with E-state index < -0.39 is 0 Å². The van der Waals surface area contributed by atoms with E-state index in [-0.39, 0.29) is 5.41 Å². The van der Waals surface area contributed by atoms with Crippen LogP contribution in [0.1, 0.15) is 42.0 Å². The summed E-state index contributed by atoms with van der Waals surface area (Å²) in [4.78, 5) is 7.52. The minimum absolute atomic E-state index is 0.120. The Hall–Kier alpha value is -1.41. The van der Waals surface area contributed by atoms with Crippen molar-refractivity contribution >= 4 is 0 Å². The fourth-order valence-corrected chi connectivity index (χ4v) is 4.09. The molecule has 4 heteroatoms. The van der Waals surface area contributed by atoms with Gasteiger partial charge in [0.2, 0.25) is 0 Å². The lowest BCUT2D eigenvalue weighted by atomic mass is 9.82. The predicted octanol–water partition coefficient (Wildman–Crippen LogP) is 3.18. The van der Waals surface area contributed by atoms with Crippen LogP contribution in [-0.4, -0.2) is 61.0 Å². The summed E-state index contributed by atoms with van der Waals surface area (Å²) in [6.45, 7) is 15.4. The molecule has 2 saturated heterocycles. The number of likely N-dealkylation sites (N-methyl/N-ethyl adjacent to an activating group) is 1. The van der Waals surface area contributed by atoms with Gasteiger partial charge in [0.1, 0.15) is 0 Å². The number of piperazine rings is 1. The number of likely N-dealkylation sites (tertiary alicyclic amines) is 1. The maximum atomic E-state index is 9.33. The Balaban J connectivity index is 1.65. The summed E-state index contributed by atoms with van der Waals surface area (Å²) in [6.07, 6.45) is 1.98. The molecule has 142 valence electrons. The van der Waals surface area contributed by atoms with E-state index >= 15 is 0 Å². The fraction of sp³-hybridized carbons (Fsp3) is 0.682. The zero-order chi connectivity index (χ0) is 18.7. The number of piperidine rings is 1. The Morgan fingerprint density at radius 2 is 1.38 bits per heavy atom. The van der Waals surface area contributed by atoms with Gasteiger partial charge in [-0.05, 0) is 76.0 Å². The molecule has 0 atom stereocenters.